The molecule has 1 atom stereocenters. The fourth-order valence-electron chi connectivity index (χ4n) is 3.20. The number of aliphatic hydroxyl groups is 2. The van der Waals surface area contributed by atoms with Gasteiger partial charge >= 0.3 is 0 Å². The highest BCUT2D eigenvalue weighted by atomic mass is 35.5. The Labute approximate surface area is 177 Å². The lowest BCUT2D eigenvalue weighted by atomic mass is 9.96. The van der Waals surface area contributed by atoms with Crippen LogP contribution in [0.15, 0.2) is 54.7 Å². The zero-order chi connectivity index (χ0) is 20.6. The molecular formula is C22H20ClN3O2S. The number of anilines is 1. The van der Waals surface area contributed by atoms with Crippen molar-refractivity contribution in [3.05, 3.63) is 75.9 Å². The van der Waals surface area contributed by atoms with Gasteiger partial charge in [0.1, 0.15) is 11.4 Å². The van der Waals surface area contributed by atoms with Crippen molar-refractivity contribution in [2.45, 2.75) is 18.9 Å². The number of aromatic nitrogens is 2. The number of thiophene rings is 1. The number of pyridine rings is 2. The van der Waals surface area contributed by atoms with Gasteiger partial charge in [0.2, 0.25) is 0 Å². The predicted molar refractivity (Wildman–Crippen MR) is 118 cm³/mol. The Morgan fingerprint density at radius 1 is 1.17 bits per heavy atom. The van der Waals surface area contributed by atoms with Crippen LogP contribution in [-0.4, -0.2) is 26.8 Å². The van der Waals surface area contributed by atoms with Gasteiger partial charge in [-0.05, 0) is 48.2 Å². The molecule has 0 aliphatic carbocycles. The van der Waals surface area contributed by atoms with Crippen molar-refractivity contribution < 1.29 is 10.2 Å². The molecule has 0 saturated carbocycles. The van der Waals surface area contributed by atoms with E-state index in [0.717, 1.165) is 31.9 Å². The zero-order valence-electron chi connectivity index (χ0n) is 15.8. The van der Waals surface area contributed by atoms with Gasteiger partial charge in [0.25, 0.3) is 0 Å². The van der Waals surface area contributed by atoms with E-state index in [4.69, 9.17) is 17.3 Å². The lowest BCUT2D eigenvalue weighted by molar-refractivity contribution is -0.00230. The number of nitrogen functional groups attached to an aromatic ring is 1. The fourth-order valence-corrected chi connectivity index (χ4v) is 4.56. The molecule has 3 heterocycles. The Hall–Kier alpha value is -2.51. The van der Waals surface area contributed by atoms with Crippen molar-refractivity contribution in [3.8, 4) is 11.3 Å². The minimum absolute atomic E-state index is 0.363. The van der Waals surface area contributed by atoms with E-state index in [1.165, 1.54) is 0 Å². The molecule has 29 heavy (non-hydrogen) atoms. The van der Waals surface area contributed by atoms with E-state index in [2.05, 4.69) is 22.1 Å². The number of aliphatic hydroxyl groups excluding tert-OH is 1. The van der Waals surface area contributed by atoms with Crippen LogP contribution >= 0.6 is 22.9 Å². The lowest BCUT2D eigenvalue weighted by Crippen LogP contribution is -2.25. The summed E-state index contributed by atoms with van der Waals surface area (Å²) in [6, 6.07) is 15.2. The molecule has 0 bridgehead atoms. The number of nitrogens with zero attached hydrogens (tertiary/aromatic N) is 2. The third-order valence-corrected chi connectivity index (χ3v) is 6.37. The van der Waals surface area contributed by atoms with Crippen molar-refractivity contribution in [1.82, 2.24) is 9.97 Å². The zero-order valence-corrected chi connectivity index (χ0v) is 17.3. The smallest absolute Gasteiger partial charge is 0.123 e. The summed E-state index contributed by atoms with van der Waals surface area (Å²) in [5.74, 6) is 0.447. The fraction of sp³-hybridized carbons (Fsp3) is 0.182. The van der Waals surface area contributed by atoms with Crippen LogP contribution in [0.5, 0.6) is 0 Å². The van der Waals surface area contributed by atoms with Crippen molar-refractivity contribution in [1.29, 1.82) is 0 Å². The lowest BCUT2D eigenvalue weighted by Gasteiger charge is -2.21. The van der Waals surface area contributed by atoms with Gasteiger partial charge in [0.05, 0.1) is 23.0 Å². The molecule has 5 nitrogen and oxygen atoms in total. The normalized spacial score (nSPS) is 13.5. The Morgan fingerprint density at radius 2 is 2.00 bits per heavy atom. The minimum Gasteiger partial charge on any atom is -0.393 e. The largest absolute Gasteiger partial charge is 0.393 e. The first-order chi connectivity index (χ1) is 13.9. The molecule has 0 amide bonds. The highest BCUT2D eigenvalue weighted by Crippen LogP contribution is 2.36. The molecule has 4 rings (SSSR count). The summed E-state index contributed by atoms with van der Waals surface area (Å²) in [6.07, 6.45) is 2.24. The first-order valence-corrected chi connectivity index (χ1v) is 10.3. The average molecular weight is 426 g/mol. The van der Waals surface area contributed by atoms with Crippen LogP contribution in [0.1, 0.15) is 23.1 Å². The summed E-state index contributed by atoms with van der Waals surface area (Å²) >= 11 is 7.93. The molecule has 4 aromatic rings. The summed E-state index contributed by atoms with van der Waals surface area (Å²) in [7, 11) is 0. The van der Waals surface area contributed by atoms with Gasteiger partial charge in [-0.15, -0.1) is 11.3 Å². The van der Waals surface area contributed by atoms with Crippen molar-refractivity contribution in [2.75, 3.05) is 12.3 Å². The van der Waals surface area contributed by atoms with Crippen LogP contribution in [0.3, 0.4) is 0 Å². The number of halogens is 1. The summed E-state index contributed by atoms with van der Waals surface area (Å²) in [4.78, 5) is 9.96. The number of hydrogen-bond donors (Lipinski definition) is 3. The second-order valence-electron chi connectivity index (χ2n) is 7.14. The van der Waals surface area contributed by atoms with Crippen molar-refractivity contribution >= 4 is 38.8 Å². The Kier molecular flexibility index (Phi) is 5.27. The van der Waals surface area contributed by atoms with E-state index in [-0.39, 0.29) is 6.61 Å². The summed E-state index contributed by atoms with van der Waals surface area (Å²) < 4.78 is 1.09. The van der Waals surface area contributed by atoms with Crippen LogP contribution in [-0.2, 0) is 12.0 Å². The monoisotopic (exact) mass is 425 g/mol. The van der Waals surface area contributed by atoms with Crippen molar-refractivity contribution in [2.24, 2.45) is 0 Å². The molecule has 4 N–H and O–H groups in total. The standard InChI is InChI=1S/C22H20ClN3O2S/c1-22(28,12-27)14-7-8-25-18(10-14)16-4-2-3-13-9-15(29-21(13)16)11-19-17(23)5-6-20(24)26-19/h2-10,27-28H,11-12H2,1H3,(H2,24,26). The Bertz CT molecular complexity index is 1190. The van der Waals surface area contributed by atoms with E-state index in [1.807, 2.05) is 18.2 Å². The van der Waals surface area contributed by atoms with Gasteiger partial charge < -0.3 is 15.9 Å². The Morgan fingerprint density at radius 3 is 2.79 bits per heavy atom. The second-order valence-corrected chi connectivity index (χ2v) is 8.68. The quantitative estimate of drug-likeness (QED) is 0.441. The summed E-state index contributed by atoms with van der Waals surface area (Å²) in [6.45, 7) is 1.22. The molecule has 0 saturated heterocycles. The molecule has 0 spiro atoms. The summed E-state index contributed by atoms with van der Waals surface area (Å²) in [5.41, 5.74) is 7.57. The minimum atomic E-state index is -1.32. The van der Waals surface area contributed by atoms with Gasteiger partial charge in [0.15, 0.2) is 0 Å². The number of rotatable bonds is 5. The van der Waals surface area contributed by atoms with E-state index >= 15 is 0 Å². The highest BCUT2D eigenvalue weighted by Gasteiger charge is 2.23. The maximum atomic E-state index is 10.4. The van der Waals surface area contributed by atoms with Crippen LogP contribution in [0.2, 0.25) is 5.02 Å². The molecule has 148 valence electrons. The average Bonchev–Trinajstić information content (AvgIpc) is 3.13. The van der Waals surface area contributed by atoms with Gasteiger partial charge in [0, 0.05) is 27.8 Å². The van der Waals surface area contributed by atoms with E-state index in [9.17, 15) is 10.2 Å². The summed E-state index contributed by atoms with van der Waals surface area (Å²) in [5, 5.41) is 21.6. The first kappa shape index (κ1) is 19.8. The molecule has 0 fully saturated rings. The Balaban J connectivity index is 1.76. The van der Waals surface area contributed by atoms with Gasteiger partial charge in [-0.25, -0.2) is 4.98 Å². The van der Waals surface area contributed by atoms with E-state index in [0.29, 0.717) is 22.8 Å². The van der Waals surface area contributed by atoms with Gasteiger partial charge in [-0.1, -0.05) is 29.8 Å². The SMILES string of the molecule is CC(O)(CO)c1ccnc(-c2cccc3cc(Cc4nc(N)ccc4Cl)sc23)c1. The molecule has 0 aliphatic heterocycles. The third kappa shape index (κ3) is 3.97. The highest BCUT2D eigenvalue weighted by molar-refractivity contribution is 7.19. The number of fused-ring (bicyclic) bond motifs is 1. The van der Waals surface area contributed by atoms with Crippen LogP contribution in [0.4, 0.5) is 5.82 Å². The van der Waals surface area contributed by atoms with Crippen LogP contribution in [0, 0.1) is 0 Å². The number of nitrogens with two attached hydrogens (primary N) is 1. The molecule has 0 radical (unpaired) electrons. The van der Waals surface area contributed by atoms with Crippen LogP contribution in [0.25, 0.3) is 21.3 Å². The van der Waals surface area contributed by atoms with Gasteiger partial charge in [-0.2, -0.15) is 0 Å². The molecule has 7 heteroatoms. The van der Waals surface area contributed by atoms with Crippen molar-refractivity contribution in [3.63, 3.8) is 0 Å². The number of benzene rings is 1. The first-order valence-electron chi connectivity index (χ1n) is 9.10. The van der Waals surface area contributed by atoms with E-state index in [1.54, 1.807) is 42.7 Å². The topological polar surface area (TPSA) is 92.3 Å². The van der Waals surface area contributed by atoms with E-state index < -0.39 is 5.60 Å². The van der Waals surface area contributed by atoms with Crippen LogP contribution < -0.4 is 5.73 Å². The van der Waals surface area contributed by atoms with Gasteiger partial charge in [-0.3, -0.25) is 4.98 Å². The maximum Gasteiger partial charge on any atom is 0.123 e. The molecular weight excluding hydrogens is 406 g/mol. The maximum absolute atomic E-state index is 10.4. The molecule has 0 aliphatic rings. The number of hydrogen-bond acceptors (Lipinski definition) is 6. The second kappa shape index (κ2) is 7.72. The predicted octanol–water partition coefficient (Wildman–Crippen LogP) is 4.38. The molecule has 1 unspecified atom stereocenters. The third-order valence-electron chi connectivity index (χ3n) is 4.84. The molecule has 1 aromatic carbocycles. The molecule has 3 aromatic heterocycles.